The zero-order valence-electron chi connectivity index (χ0n) is 9.31. The molecule has 0 radical (unpaired) electrons. The lowest BCUT2D eigenvalue weighted by molar-refractivity contribution is 0.0304. The maximum Gasteiger partial charge on any atom is 0.115 e. The van der Waals surface area contributed by atoms with Crippen LogP contribution in [-0.4, -0.2) is 7.11 Å². The summed E-state index contributed by atoms with van der Waals surface area (Å²) in [5.41, 5.74) is 13.6. The summed E-state index contributed by atoms with van der Waals surface area (Å²) in [7, 11) is 1.70. The minimum absolute atomic E-state index is 0.406. The van der Waals surface area contributed by atoms with Crippen molar-refractivity contribution < 1.29 is 4.74 Å². The number of nitrogens with two attached hydrogens (primary N) is 2. The van der Waals surface area contributed by atoms with Crippen LogP contribution >= 0.6 is 0 Å². The molecule has 0 saturated heterocycles. The molecule has 1 aliphatic rings. The van der Waals surface area contributed by atoms with E-state index >= 15 is 0 Å². The maximum absolute atomic E-state index is 5.71. The summed E-state index contributed by atoms with van der Waals surface area (Å²) in [6.45, 7) is 0. The molecule has 0 saturated carbocycles. The van der Waals surface area contributed by atoms with Gasteiger partial charge in [-0.15, -0.1) is 0 Å². The van der Waals surface area contributed by atoms with E-state index < -0.39 is 5.60 Å². The zero-order valence-corrected chi connectivity index (χ0v) is 9.31. The van der Waals surface area contributed by atoms with Crippen LogP contribution in [0.25, 0.3) is 0 Å². The molecule has 0 bridgehead atoms. The molecule has 1 aromatic carbocycles. The number of hydrogen-bond acceptors (Lipinski definition) is 3. The van der Waals surface area contributed by atoms with Gasteiger partial charge in [-0.2, -0.15) is 0 Å². The summed E-state index contributed by atoms with van der Waals surface area (Å²) in [6.07, 6.45) is 6.59. The molecule has 0 spiro atoms. The highest BCUT2D eigenvalue weighted by molar-refractivity contribution is 5.43. The Morgan fingerprint density at radius 3 is 2.38 bits per heavy atom. The third kappa shape index (κ3) is 1.82. The van der Waals surface area contributed by atoms with Gasteiger partial charge in [-0.3, -0.25) is 0 Å². The normalized spacial score (nSPS) is 24.2. The van der Waals surface area contributed by atoms with Gasteiger partial charge in [0.25, 0.3) is 0 Å². The van der Waals surface area contributed by atoms with E-state index in [2.05, 4.69) is 0 Å². The van der Waals surface area contributed by atoms with E-state index in [-0.39, 0.29) is 0 Å². The minimum atomic E-state index is -0.406. The SMILES string of the molecule is COC1(c2ccc(N)cc2)C=CC(N)=CC1. The van der Waals surface area contributed by atoms with Crippen LogP contribution in [0, 0.1) is 0 Å². The van der Waals surface area contributed by atoms with Gasteiger partial charge in [0.15, 0.2) is 0 Å². The Labute approximate surface area is 95.4 Å². The van der Waals surface area contributed by atoms with Crippen LogP contribution in [-0.2, 0) is 10.3 Å². The van der Waals surface area contributed by atoms with E-state index in [1.807, 2.05) is 42.5 Å². The summed E-state index contributed by atoms with van der Waals surface area (Å²) in [5, 5.41) is 0. The van der Waals surface area contributed by atoms with Gasteiger partial charge in [0.05, 0.1) is 0 Å². The van der Waals surface area contributed by atoms with E-state index in [1.165, 1.54) is 0 Å². The molecular weight excluding hydrogens is 200 g/mol. The molecule has 16 heavy (non-hydrogen) atoms. The Morgan fingerprint density at radius 2 is 1.88 bits per heavy atom. The molecule has 4 N–H and O–H groups in total. The van der Waals surface area contributed by atoms with Crippen molar-refractivity contribution in [2.75, 3.05) is 12.8 Å². The standard InChI is InChI=1S/C13H16N2O/c1-16-13(8-6-12(15)7-9-13)10-2-4-11(14)5-3-10/h2-8H,9,14-15H2,1H3. The molecule has 1 unspecified atom stereocenters. The molecule has 0 heterocycles. The van der Waals surface area contributed by atoms with E-state index in [1.54, 1.807) is 7.11 Å². The number of allylic oxidation sites excluding steroid dienone is 1. The van der Waals surface area contributed by atoms with Gasteiger partial charge in [-0.25, -0.2) is 0 Å². The summed E-state index contributed by atoms with van der Waals surface area (Å²) < 4.78 is 5.63. The maximum atomic E-state index is 5.71. The molecule has 0 aromatic heterocycles. The first kappa shape index (κ1) is 10.8. The third-order valence-corrected chi connectivity index (χ3v) is 2.95. The fourth-order valence-corrected chi connectivity index (χ4v) is 1.88. The Kier molecular flexibility index (Phi) is 2.71. The predicted molar refractivity (Wildman–Crippen MR) is 65.6 cm³/mol. The van der Waals surface area contributed by atoms with Crippen LogP contribution < -0.4 is 11.5 Å². The van der Waals surface area contributed by atoms with Crippen molar-refractivity contribution in [2.45, 2.75) is 12.0 Å². The summed E-state index contributed by atoms with van der Waals surface area (Å²) in [4.78, 5) is 0. The smallest absolute Gasteiger partial charge is 0.115 e. The highest BCUT2D eigenvalue weighted by Crippen LogP contribution is 2.34. The van der Waals surface area contributed by atoms with Crippen LogP contribution in [0.4, 0.5) is 5.69 Å². The number of anilines is 1. The van der Waals surface area contributed by atoms with E-state index in [4.69, 9.17) is 16.2 Å². The van der Waals surface area contributed by atoms with Gasteiger partial charge in [0.2, 0.25) is 0 Å². The molecule has 2 rings (SSSR count). The van der Waals surface area contributed by atoms with Crippen LogP contribution in [0.2, 0.25) is 0 Å². The predicted octanol–water partition coefficient (Wildman–Crippen LogP) is 1.91. The number of methoxy groups -OCH3 is 1. The van der Waals surface area contributed by atoms with Crippen molar-refractivity contribution in [2.24, 2.45) is 5.73 Å². The first-order chi connectivity index (χ1) is 7.66. The van der Waals surface area contributed by atoms with Gasteiger partial charge >= 0.3 is 0 Å². The van der Waals surface area contributed by atoms with Gasteiger partial charge < -0.3 is 16.2 Å². The molecule has 1 aliphatic carbocycles. The average molecular weight is 216 g/mol. The van der Waals surface area contributed by atoms with Crippen molar-refractivity contribution in [3.63, 3.8) is 0 Å². The topological polar surface area (TPSA) is 61.3 Å². The molecular formula is C13H16N2O. The van der Waals surface area contributed by atoms with Crippen molar-refractivity contribution in [3.05, 3.63) is 53.8 Å². The van der Waals surface area contributed by atoms with Gasteiger partial charge in [0, 0.05) is 24.9 Å². The van der Waals surface area contributed by atoms with Crippen LogP contribution in [0.1, 0.15) is 12.0 Å². The number of ether oxygens (including phenoxy) is 1. The first-order valence-corrected chi connectivity index (χ1v) is 5.22. The third-order valence-electron chi connectivity index (χ3n) is 2.95. The van der Waals surface area contributed by atoms with E-state index in [9.17, 15) is 0 Å². The Bertz CT molecular complexity index is 434. The van der Waals surface area contributed by atoms with Crippen molar-refractivity contribution in [1.29, 1.82) is 0 Å². The number of benzene rings is 1. The second-order valence-corrected chi connectivity index (χ2v) is 3.96. The number of hydrogen-bond donors (Lipinski definition) is 2. The van der Waals surface area contributed by atoms with Gasteiger partial charge in [0.1, 0.15) is 5.60 Å². The molecule has 3 heteroatoms. The highest BCUT2D eigenvalue weighted by Gasteiger charge is 2.29. The van der Waals surface area contributed by atoms with Crippen LogP contribution in [0.5, 0.6) is 0 Å². The van der Waals surface area contributed by atoms with Crippen molar-refractivity contribution in [1.82, 2.24) is 0 Å². The van der Waals surface area contributed by atoms with Gasteiger partial charge in [-0.05, 0) is 29.8 Å². The van der Waals surface area contributed by atoms with Crippen molar-refractivity contribution >= 4 is 5.69 Å². The monoisotopic (exact) mass is 216 g/mol. The minimum Gasteiger partial charge on any atom is -0.399 e. The molecule has 0 amide bonds. The Hall–Kier alpha value is -1.74. The molecule has 1 aromatic rings. The second kappa shape index (κ2) is 4.02. The van der Waals surface area contributed by atoms with E-state index in [0.717, 1.165) is 23.4 Å². The first-order valence-electron chi connectivity index (χ1n) is 5.22. The lowest BCUT2D eigenvalue weighted by Gasteiger charge is -2.31. The summed E-state index contributed by atoms with van der Waals surface area (Å²) in [6, 6.07) is 7.73. The quantitative estimate of drug-likeness (QED) is 0.742. The molecule has 0 aliphatic heterocycles. The molecule has 84 valence electrons. The molecule has 0 fully saturated rings. The molecule has 1 atom stereocenters. The summed E-state index contributed by atoms with van der Waals surface area (Å²) >= 11 is 0. The Morgan fingerprint density at radius 1 is 1.19 bits per heavy atom. The zero-order chi connectivity index (χ0) is 11.6. The number of rotatable bonds is 2. The highest BCUT2D eigenvalue weighted by atomic mass is 16.5. The lowest BCUT2D eigenvalue weighted by Crippen LogP contribution is -2.27. The second-order valence-electron chi connectivity index (χ2n) is 3.96. The van der Waals surface area contributed by atoms with Crippen molar-refractivity contribution in [3.8, 4) is 0 Å². The average Bonchev–Trinajstić information content (AvgIpc) is 2.32. The fraction of sp³-hybridized carbons (Fsp3) is 0.231. The van der Waals surface area contributed by atoms with Crippen LogP contribution in [0.15, 0.2) is 48.2 Å². The lowest BCUT2D eigenvalue weighted by atomic mass is 9.86. The fourth-order valence-electron chi connectivity index (χ4n) is 1.88. The largest absolute Gasteiger partial charge is 0.399 e. The Balaban J connectivity index is 2.36. The van der Waals surface area contributed by atoms with Crippen LogP contribution in [0.3, 0.4) is 0 Å². The molecule has 3 nitrogen and oxygen atoms in total. The summed E-state index contributed by atoms with van der Waals surface area (Å²) in [5.74, 6) is 0. The van der Waals surface area contributed by atoms with Gasteiger partial charge in [-0.1, -0.05) is 18.2 Å². The van der Waals surface area contributed by atoms with E-state index in [0.29, 0.717) is 0 Å². The number of nitrogen functional groups attached to an aromatic ring is 1.